The van der Waals surface area contributed by atoms with E-state index in [1.165, 1.54) is 11.3 Å². The fourth-order valence-electron chi connectivity index (χ4n) is 5.08. The summed E-state index contributed by atoms with van der Waals surface area (Å²) in [6.07, 6.45) is 1.03. The third-order valence-electron chi connectivity index (χ3n) is 7.17. The molecular formula is C28H38N4O4S2. The Balaban J connectivity index is 1.61. The summed E-state index contributed by atoms with van der Waals surface area (Å²) in [5, 5.41) is 0.610. The first-order valence-electron chi connectivity index (χ1n) is 13.2. The number of carbonyl (C=O) groups excluding carboxylic acids is 1. The molecule has 0 radical (unpaired) electrons. The van der Waals surface area contributed by atoms with Crippen LogP contribution in [-0.2, 0) is 10.0 Å². The van der Waals surface area contributed by atoms with E-state index >= 15 is 0 Å². The lowest BCUT2D eigenvalue weighted by Crippen LogP contribution is -2.42. The molecule has 1 saturated heterocycles. The zero-order chi connectivity index (χ0) is 27.4. The van der Waals surface area contributed by atoms with E-state index < -0.39 is 10.0 Å². The van der Waals surface area contributed by atoms with Crippen LogP contribution in [0.1, 0.15) is 44.5 Å². The van der Waals surface area contributed by atoms with Gasteiger partial charge in [-0.3, -0.25) is 9.69 Å². The summed E-state index contributed by atoms with van der Waals surface area (Å²) in [4.78, 5) is 22.7. The van der Waals surface area contributed by atoms with E-state index in [1.54, 1.807) is 40.6 Å². The Labute approximate surface area is 230 Å². The highest BCUT2D eigenvalue weighted by Gasteiger charge is 2.32. The molecule has 206 valence electrons. The molecule has 1 aromatic heterocycles. The predicted octanol–water partition coefficient (Wildman–Crippen LogP) is 4.96. The minimum Gasteiger partial charge on any atom is -0.497 e. The van der Waals surface area contributed by atoms with E-state index in [1.807, 2.05) is 18.2 Å². The second kappa shape index (κ2) is 12.1. The Morgan fingerprint density at radius 3 is 2.32 bits per heavy atom. The van der Waals surface area contributed by atoms with Crippen LogP contribution in [0.25, 0.3) is 10.2 Å². The molecule has 10 heteroatoms. The minimum atomic E-state index is -3.62. The molecule has 2 unspecified atom stereocenters. The lowest BCUT2D eigenvalue weighted by Gasteiger charge is -2.34. The molecule has 4 rings (SSSR count). The average molecular weight is 559 g/mol. The van der Waals surface area contributed by atoms with Crippen LogP contribution in [-0.4, -0.2) is 74.9 Å². The summed E-state index contributed by atoms with van der Waals surface area (Å²) >= 11 is 1.46. The molecule has 0 aliphatic carbocycles. The number of carbonyl (C=O) groups is 1. The number of anilines is 1. The van der Waals surface area contributed by atoms with E-state index in [0.717, 1.165) is 29.7 Å². The van der Waals surface area contributed by atoms with E-state index in [9.17, 15) is 13.2 Å². The normalized spacial score (nSPS) is 18.7. The molecule has 1 aliphatic heterocycles. The lowest BCUT2D eigenvalue weighted by molar-refractivity contribution is 0.0983. The summed E-state index contributed by atoms with van der Waals surface area (Å²) in [5.74, 6) is 1.15. The van der Waals surface area contributed by atoms with Crippen LogP contribution in [0, 0.1) is 11.8 Å². The van der Waals surface area contributed by atoms with Crippen LogP contribution in [0.3, 0.4) is 0 Å². The number of amides is 1. The molecule has 1 fully saturated rings. The number of rotatable bonds is 10. The second-order valence-electron chi connectivity index (χ2n) is 10.1. The van der Waals surface area contributed by atoms with Gasteiger partial charge in [0.2, 0.25) is 10.0 Å². The fraction of sp³-hybridized carbons (Fsp3) is 0.500. The van der Waals surface area contributed by atoms with E-state index in [4.69, 9.17) is 9.72 Å². The number of fused-ring (bicyclic) bond motifs is 1. The van der Waals surface area contributed by atoms with Crippen molar-refractivity contribution in [1.82, 2.24) is 14.2 Å². The summed E-state index contributed by atoms with van der Waals surface area (Å²) in [7, 11) is -2.00. The highest BCUT2D eigenvalue weighted by Crippen LogP contribution is 2.32. The first-order valence-corrected chi connectivity index (χ1v) is 15.5. The van der Waals surface area contributed by atoms with E-state index in [2.05, 4.69) is 32.6 Å². The standard InChI is InChI=1S/C28H38N4O4S2/c1-6-30(7-2)14-15-32(28-29-25-17-23(36-5)10-13-26(25)37-28)27(33)22-8-11-24(12-9-22)38(34,35)31-18-20(3)16-21(4)19-31/h8-13,17,20-21H,6-7,14-16,18-19H2,1-5H3. The van der Waals surface area contributed by atoms with Crippen LogP contribution >= 0.6 is 11.3 Å². The molecule has 0 saturated carbocycles. The topological polar surface area (TPSA) is 83.1 Å². The molecular weight excluding hydrogens is 520 g/mol. The van der Waals surface area contributed by atoms with Gasteiger partial charge in [-0.1, -0.05) is 39.0 Å². The van der Waals surface area contributed by atoms with Gasteiger partial charge in [0, 0.05) is 37.8 Å². The lowest BCUT2D eigenvalue weighted by atomic mass is 9.94. The maximum atomic E-state index is 13.8. The van der Waals surface area contributed by atoms with Crippen molar-refractivity contribution in [2.75, 3.05) is 51.3 Å². The molecule has 0 spiro atoms. The number of thiazole rings is 1. The maximum Gasteiger partial charge on any atom is 0.260 e. The Hall–Kier alpha value is -2.53. The van der Waals surface area contributed by atoms with Crippen molar-refractivity contribution in [2.45, 2.75) is 39.0 Å². The molecule has 2 atom stereocenters. The Bertz CT molecular complexity index is 1340. The molecule has 1 aliphatic rings. The van der Waals surface area contributed by atoms with Crippen molar-refractivity contribution >= 4 is 42.6 Å². The van der Waals surface area contributed by atoms with Crippen LogP contribution in [0.5, 0.6) is 5.75 Å². The second-order valence-corrected chi connectivity index (χ2v) is 13.1. The minimum absolute atomic E-state index is 0.202. The van der Waals surface area contributed by atoms with Gasteiger partial charge in [0.05, 0.1) is 22.2 Å². The molecule has 2 aromatic carbocycles. The van der Waals surface area contributed by atoms with Gasteiger partial charge in [-0.2, -0.15) is 4.31 Å². The van der Waals surface area contributed by atoms with Crippen molar-refractivity contribution in [2.24, 2.45) is 11.8 Å². The fourth-order valence-corrected chi connectivity index (χ4v) is 7.73. The summed E-state index contributed by atoms with van der Waals surface area (Å²) in [6, 6.07) is 12.0. The van der Waals surface area contributed by atoms with Gasteiger partial charge >= 0.3 is 0 Å². The molecule has 0 N–H and O–H groups in total. The molecule has 38 heavy (non-hydrogen) atoms. The van der Waals surface area contributed by atoms with Crippen LogP contribution in [0.15, 0.2) is 47.4 Å². The molecule has 0 bridgehead atoms. The van der Waals surface area contributed by atoms with Gasteiger partial charge in [0.25, 0.3) is 5.91 Å². The largest absolute Gasteiger partial charge is 0.497 e. The Morgan fingerprint density at radius 1 is 1.05 bits per heavy atom. The molecule has 1 amide bonds. The third-order valence-corrected chi connectivity index (χ3v) is 10.1. The smallest absolute Gasteiger partial charge is 0.260 e. The molecule has 8 nitrogen and oxygen atoms in total. The van der Waals surface area contributed by atoms with Crippen LogP contribution < -0.4 is 9.64 Å². The summed E-state index contributed by atoms with van der Waals surface area (Å²) < 4.78 is 34.5. The summed E-state index contributed by atoms with van der Waals surface area (Å²) in [5.41, 5.74) is 1.21. The predicted molar refractivity (Wildman–Crippen MR) is 154 cm³/mol. The first kappa shape index (κ1) is 28.5. The average Bonchev–Trinajstić information content (AvgIpc) is 3.33. The van der Waals surface area contributed by atoms with Gasteiger partial charge in [0.1, 0.15) is 5.75 Å². The number of likely N-dealkylation sites (N-methyl/N-ethyl adjacent to an activating group) is 1. The number of benzene rings is 2. The number of aromatic nitrogens is 1. The summed E-state index contributed by atoms with van der Waals surface area (Å²) in [6.45, 7) is 12.4. The number of ether oxygens (including phenoxy) is 1. The number of nitrogens with zero attached hydrogens (tertiary/aromatic N) is 4. The van der Waals surface area contributed by atoms with Gasteiger partial charge in [-0.25, -0.2) is 13.4 Å². The first-order chi connectivity index (χ1) is 18.2. The van der Waals surface area contributed by atoms with Crippen molar-refractivity contribution in [1.29, 1.82) is 0 Å². The molecule has 2 heterocycles. The quantitative estimate of drug-likeness (QED) is 0.350. The Kier molecular flexibility index (Phi) is 9.07. The van der Waals surface area contributed by atoms with Crippen LogP contribution in [0.2, 0.25) is 0 Å². The van der Waals surface area contributed by atoms with Gasteiger partial charge in [0.15, 0.2) is 5.13 Å². The van der Waals surface area contributed by atoms with Gasteiger partial charge in [-0.05, 0) is 67.7 Å². The highest BCUT2D eigenvalue weighted by molar-refractivity contribution is 7.89. The van der Waals surface area contributed by atoms with Crippen molar-refractivity contribution in [3.63, 3.8) is 0 Å². The van der Waals surface area contributed by atoms with Gasteiger partial charge < -0.3 is 9.64 Å². The number of methoxy groups -OCH3 is 1. The zero-order valence-electron chi connectivity index (χ0n) is 22.9. The monoisotopic (exact) mass is 558 g/mol. The number of hydrogen-bond acceptors (Lipinski definition) is 7. The molecule has 3 aromatic rings. The van der Waals surface area contributed by atoms with E-state index in [-0.39, 0.29) is 10.8 Å². The number of hydrogen-bond donors (Lipinski definition) is 0. The maximum absolute atomic E-state index is 13.8. The van der Waals surface area contributed by atoms with Crippen molar-refractivity contribution in [3.05, 3.63) is 48.0 Å². The van der Waals surface area contributed by atoms with Crippen molar-refractivity contribution in [3.8, 4) is 5.75 Å². The number of piperidine rings is 1. The van der Waals surface area contributed by atoms with Crippen LogP contribution in [0.4, 0.5) is 5.13 Å². The third kappa shape index (κ3) is 6.20. The number of sulfonamides is 1. The van der Waals surface area contributed by atoms with Crippen molar-refractivity contribution < 1.29 is 17.9 Å². The van der Waals surface area contributed by atoms with Gasteiger partial charge in [-0.15, -0.1) is 0 Å². The SMILES string of the molecule is CCN(CC)CCN(C(=O)c1ccc(S(=O)(=O)N2CC(C)CC(C)C2)cc1)c1nc2cc(OC)ccc2s1. The highest BCUT2D eigenvalue weighted by atomic mass is 32.2. The van der Waals surface area contributed by atoms with E-state index in [0.29, 0.717) is 54.5 Å². The zero-order valence-corrected chi connectivity index (χ0v) is 24.5. The Morgan fingerprint density at radius 2 is 1.71 bits per heavy atom.